The minimum absolute atomic E-state index is 0.0765. The van der Waals surface area contributed by atoms with Crippen LogP contribution in [0.15, 0.2) is 0 Å². The van der Waals surface area contributed by atoms with Crippen LogP contribution in [0.1, 0.15) is 45.4 Å². The van der Waals surface area contributed by atoms with Gasteiger partial charge in [-0.3, -0.25) is 0 Å². The first-order valence-electron chi connectivity index (χ1n) is 8.99. The Bertz CT molecular complexity index is 325. The van der Waals surface area contributed by atoms with E-state index < -0.39 is 8.07 Å². The van der Waals surface area contributed by atoms with E-state index in [4.69, 9.17) is 10.5 Å². The third-order valence-corrected chi connectivity index (χ3v) is 6.24. The highest BCUT2D eigenvalue weighted by Crippen LogP contribution is 2.27. The molecule has 0 aromatic heterocycles. The summed E-state index contributed by atoms with van der Waals surface area (Å²) in [6.07, 6.45) is 7.51. The Morgan fingerprint density at radius 2 is 1.91 bits per heavy atom. The van der Waals surface area contributed by atoms with Crippen molar-refractivity contribution in [3.8, 4) is 0 Å². The molecule has 130 valence electrons. The van der Waals surface area contributed by atoms with E-state index in [1.54, 1.807) is 4.90 Å². The number of likely N-dealkylation sites (N-methyl/N-ethyl adjacent to an activating group) is 1. The Kier molecular flexibility index (Phi) is 8.47. The molecule has 0 heterocycles. The van der Waals surface area contributed by atoms with E-state index in [0.717, 1.165) is 18.4 Å². The molecule has 0 aromatic rings. The van der Waals surface area contributed by atoms with Crippen LogP contribution >= 0.6 is 0 Å². The van der Waals surface area contributed by atoms with Gasteiger partial charge < -0.3 is 15.4 Å². The highest BCUT2D eigenvalue weighted by Gasteiger charge is 2.21. The summed E-state index contributed by atoms with van der Waals surface area (Å²) in [6.45, 7) is 10.7. The number of nitrogens with two attached hydrogens (primary N) is 1. The van der Waals surface area contributed by atoms with Crippen LogP contribution in [0.3, 0.4) is 0 Å². The van der Waals surface area contributed by atoms with Gasteiger partial charge in [0.25, 0.3) is 0 Å². The molecule has 1 rings (SSSR count). The fraction of sp³-hybridized carbons (Fsp3) is 0.941. The second-order valence-electron chi connectivity index (χ2n) is 7.96. The Morgan fingerprint density at radius 3 is 2.45 bits per heavy atom. The summed E-state index contributed by atoms with van der Waals surface area (Å²) in [5, 5.41) is 0. The molecule has 1 amide bonds. The van der Waals surface area contributed by atoms with Crippen molar-refractivity contribution in [1.29, 1.82) is 0 Å². The van der Waals surface area contributed by atoms with E-state index in [1.165, 1.54) is 32.1 Å². The number of amides is 1. The Morgan fingerprint density at radius 1 is 1.27 bits per heavy atom. The molecule has 0 aromatic carbocycles. The zero-order valence-electron chi connectivity index (χ0n) is 15.1. The molecule has 1 saturated carbocycles. The number of rotatable bonds is 8. The fourth-order valence-corrected chi connectivity index (χ4v) is 3.79. The first-order chi connectivity index (χ1) is 10.3. The van der Waals surface area contributed by atoms with Crippen LogP contribution < -0.4 is 5.73 Å². The molecule has 5 heteroatoms. The monoisotopic (exact) mass is 328 g/mol. The van der Waals surface area contributed by atoms with Gasteiger partial charge >= 0.3 is 6.09 Å². The van der Waals surface area contributed by atoms with E-state index in [0.29, 0.717) is 19.7 Å². The number of carbonyl (C=O) groups excluding carboxylic acids is 1. The maximum absolute atomic E-state index is 12.2. The summed E-state index contributed by atoms with van der Waals surface area (Å²) in [4.78, 5) is 13.9. The van der Waals surface area contributed by atoms with Crippen molar-refractivity contribution in [2.75, 3.05) is 19.7 Å². The van der Waals surface area contributed by atoms with Crippen molar-refractivity contribution in [2.24, 2.45) is 11.7 Å². The van der Waals surface area contributed by atoms with Crippen LogP contribution in [0.25, 0.3) is 0 Å². The number of hydrogen-bond acceptors (Lipinski definition) is 3. The van der Waals surface area contributed by atoms with Crippen LogP contribution in [0.4, 0.5) is 4.79 Å². The molecule has 1 atom stereocenters. The van der Waals surface area contributed by atoms with Crippen LogP contribution in [-0.4, -0.2) is 44.8 Å². The van der Waals surface area contributed by atoms with Crippen LogP contribution in [0.2, 0.25) is 25.7 Å². The lowest BCUT2D eigenvalue weighted by Gasteiger charge is -2.28. The second kappa shape index (κ2) is 9.56. The molecule has 0 aliphatic heterocycles. The minimum Gasteiger partial charge on any atom is -0.450 e. The van der Waals surface area contributed by atoms with Gasteiger partial charge in [0, 0.05) is 27.2 Å². The van der Waals surface area contributed by atoms with Gasteiger partial charge in [-0.2, -0.15) is 0 Å². The van der Waals surface area contributed by atoms with Gasteiger partial charge in [0.05, 0.1) is 6.61 Å². The number of hydrogen-bond donors (Lipinski definition) is 1. The third kappa shape index (κ3) is 8.18. The quantitative estimate of drug-likeness (QED) is 0.683. The summed E-state index contributed by atoms with van der Waals surface area (Å²) < 4.78 is 5.43. The van der Waals surface area contributed by atoms with Crippen LogP contribution in [0.5, 0.6) is 0 Å². The molecule has 22 heavy (non-hydrogen) atoms. The van der Waals surface area contributed by atoms with E-state index in [9.17, 15) is 4.79 Å². The van der Waals surface area contributed by atoms with Crippen molar-refractivity contribution < 1.29 is 9.53 Å². The lowest BCUT2D eigenvalue weighted by Crippen LogP contribution is -2.42. The molecule has 1 fully saturated rings. The molecule has 0 spiro atoms. The topological polar surface area (TPSA) is 55.6 Å². The van der Waals surface area contributed by atoms with Gasteiger partial charge in [-0.25, -0.2) is 4.79 Å². The molecule has 0 bridgehead atoms. The molecule has 1 aliphatic carbocycles. The van der Waals surface area contributed by atoms with Gasteiger partial charge in [0.2, 0.25) is 0 Å². The molecule has 0 saturated heterocycles. The highest BCUT2D eigenvalue weighted by atomic mass is 28.3. The average Bonchev–Trinajstić information content (AvgIpc) is 2.44. The lowest BCUT2D eigenvalue weighted by molar-refractivity contribution is 0.105. The van der Waals surface area contributed by atoms with Crippen molar-refractivity contribution in [2.45, 2.75) is 77.2 Å². The third-order valence-electron chi connectivity index (χ3n) is 4.53. The maximum atomic E-state index is 12.2. The van der Waals surface area contributed by atoms with Gasteiger partial charge in [-0.1, -0.05) is 51.7 Å². The van der Waals surface area contributed by atoms with Gasteiger partial charge in [-0.05, 0) is 25.3 Å². The average molecular weight is 329 g/mol. The Labute approximate surface area is 137 Å². The molecular weight excluding hydrogens is 292 g/mol. The van der Waals surface area contributed by atoms with Crippen molar-refractivity contribution in [3.05, 3.63) is 0 Å². The van der Waals surface area contributed by atoms with Crippen molar-refractivity contribution in [1.82, 2.24) is 4.90 Å². The zero-order chi connectivity index (χ0) is 16.6. The van der Waals surface area contributed by atoms with Crippen molar-refractivity contribution >= 4 is 14.2 Å². The minimum atomic E-state index is -1.15. The van der Waals surface area contributed by atoms with E-state index in [1.807, 2.05) is 6.92 Å². The summed E-state index contributed by atoms with van der Waals surface area (Å²) in [7, 11) is -1.15. The summed E-state index contributed by atoms with van der Waals surface area (Å²) >= 11 is 0. The maximum Gasteiger partial charge on any atom is 0.409 e. The number of nitrogens with zero attached hydrogens (tertiary/aromatic N) is 1. The molecule has 1 aliphatic rings. The van der Waals surface area contributed by atoms with E-state index >= 15 is 0 Å². The SMILES string of the molecule is CCN(CC(N)CC1CCCCC1)C(=O)OCC[Si](C)(C)C. The molecule has 1 unspecified atom stereocenters. The first kappa shape index (κ1) is 19.5. The zero-order valence-corrected chi connectivity index (χ0v) is 16.1. The molecular formula is C17H36N2O2Si. The predicted molar refractivity (Wildman–Crippen MR) is 95.9 cm³/mol. The van der Waals surface area contributed by atoms with Crippen LogP contribution in [-0.2, 0) is 4.74 Å². The Balaban J connectivity index is 2.31. The van der Waals surface area contributed by atoms with Gasteiger partial charge in [-0.15, -0.1) is 0 Å². The summed E-state index contributed by atoms with van der Waals surface area (Å²) in [5.74, 6) is 0.755. The van der Waals surface area contributed by atoms with Gasteiger partial charge in [0.15, 0.2) is 0 Å². The molecule has 0 radical (unpaired) electrons. The fourth-order valence-electron chi connectivity index (χ4n) is 3.08. The standard InChI is InChI=1S/C17H36N2O2Si/c1-5-19(17(20)21-11-12-22(2,3)4)14-16(18)13-15-9-7-6-8-10-15/h15-16H,5-14,18H2,1-4H3. The normalized spacial score (nSPS) is 18.0. The highest BCUT2D eigenvalue weighted by molar-refractivity contribution is 6.76. The molecule has 2 N–H and O–H groups in total. The summed E-state index contributed by atoms with van der Waals surface area (Å²) in [5.41, 5.74) is 6.27. The van der Waals surface area contributed by atoms with E-state index in [-0.39, 0.29) is 12.1 Å². The van der Waals surface area contributed by atoms with Crippen molar-refractivity contribution in [3.63, 3.8) is 0 Å². The number of carbonyl (C=O) groups is 1. The smallest absolute Gasteiger partial charge is 0.409 e. The Hall–Kier alpha value is -0.553. The molecule has 4 nitrogen and oxygen atoms in total. The predicted octanol–water partition coefficient (Wildman–Crippen LogP) is 4.08. The lowest BCUT2D eigenvalue weighted by atomic mass is 9.85. The van der Waals surface area contributed by atoms with Gasteiger partial charge in [0.1, 0.15) is 0 Å². The number of ether oxygens (including phenoxy) is 1. The second-order valence-corrected chi connectivity index (χ2v) is 13.6. The van der Waals surface area contributed by atoms with E-state index in [2.05, 4.69) is 19.6 Å². The summed E-state index contributed by atoms with van der Waals surface area (Å²) in [6, 6.07) is 1.09. The first-order valence-corrected chi connectivity index (χ1v) is 12.7. The van der Waals surface area contributed by atoms with Crippen LogP contribution in [0, 0.1) is 5.92 Å². The largest absolute Gasteiger partial charge is 0.450 e.